The summed E-state index contributed by atoms with van der Waals surface area (Å²) in [6, 6.07) is 21.1. The molecule has 0 radical (unpaired) electrons. The summed E-state index contributed by atoms with van der Waals surface area (Å²) in [5.41, 5.74) is 2.30. The Hall–Kier alpha value is -3.51. The van der Waals surface area contributed by atoms with Gasteiger partial charge in [-0.15, -0.1) is 0 Å². The lowest BCUT2D eigenvalue weighted by atomic mass is 10.1. The summed E-state index contributed by atoms with van der Waals surface area (Å²) in [5, 5.41) is 6.18. The number of amides is 2. The number of halogens is 1. The van der Waals surface area contributed by atoms with Gasteiger partial charge >= 0.3 is 0 Å². The molecule has 32 heavy (non-hydrogen) atoms. The maximum atomic E-state index is 12.6. The van der Waals surface area contributed by atoms with E-state index in [2.05, 4.69) is 10.6 Å². The van der Waals surface area contributed by atoms with E-state index in [-0.39, 0.29) is 11.8 Å². The Balaban J connectivity index is 1.57. The molecule has 2 N–H and O–H groups in total. The van der Waals surface area contributed by atoms with E-state index >= 15 is 0 Å². The minimum absolute atomic E-state index is 0.267. The molecule has 0 aliphatic carbocycles. The minimum atomic E-state index is -0.696. The number of hydrogen-bond donors (Lipinski definition) is 2. The lowest BCUT2D eigenvalue weighted by Gasteiger charge is -2.16. The minimum Gasteiger partial charge on any atom is -0.493 e. The van der Waals surface area contributed by atoms with Gasteiger partial charge in [0.2, 0.25) is 5.91 Å². The van der Waals surface area contributed by atoms with Crippen LogP contribution in [0, 0.1) is 0 Å². The quantitative estimate of drug-likeness (QED) is 0.505. The number of ether oxygens (including phenoxy) is 2. The van der Waals surface area contributed by atoms with Crippen LogP contribution in [-0.4, -0.2) is 25.0 Å². The fourth-order valence-corrected chi connectivity index (χ4v) is 3.08. The molecule has 0 saturated carbocycles. The molecular formula is C25H25ClN2O4. The Bertz CT molecular complexity index is 1060. The van der Waals surface area contributed by atoms with E-state index in [0.29, 0.717) is 35.2 Å². The van der Waals surface area contributed by atoms with Crippen molar-refractivity contribution in [2.24, 2.45) is 0 Å². The van der Waals surface area contributed by atoms with Gasteiger partial charge in [-0.05, 0) is 48.4 Å². The number of rotatable bonds is 9. The fraction of sp³-hybridized carbons (Fsp3) is 0.200. The zero-order valence-corrected chi connectivity index (χ0v) is 18.7. The molecule has 0 aromatic heterocycles. The molecule has 0 spiro atoms. The van der Waals surface area contributed by atoms with Crippen molar-refractivity contribution in [3.63, 3.8) is 0 Å². The predicted octanol–water partition coefficient (Wildman–Crippen LogP) is 4.36. The molecule has 0 aliphatic heterocycles. The van der Waals surface area contributed by atoms with Crippen LogP contribution in [0.15, 0.2) is 72.8 Å². The molecule has 3 aromatic rings. The number of carbonyl (C=O) groups is 2. The second kappa shape index (κ2) is 11.2. The van der Waals surface area contributed by atoms with E-state index < -0.39 is 6.04 Å². The second-order valence-electron chi connectivity index (χ2n) is 7.18. The van der Waals surface area contributed by atoms with Crippen LogP contribution in [0.25, 0.3) is 0 Å². The molecule has 3 rings (SSSR count). The summed E-state index contributed by atoms with van der Waals surface area (Å²) in [7, 11) is 1.51. The molecule has 0 heterocycles. The normalized spacial score (nSPS) is 11.3. The monoisotopic (exact) mass is 452 g/mol. The lowest BCUT2D eigenvalue weighted by Crippen LogP contribution is -2.44. The smallest absolute Gasteiger partial charge is 0.252 e. The van der Waals surface area contributed by atoms with Crippen molar-refractivity contribution < 1.29 is 19.1 Å². The van der Waals surface area contributed by atoms with Gasteiger partial charge in [0.25, 0.3) is 5.91 Å². The van der Waals surface area contributed by atoms with Crippen molar-refractivity contribution in [2.45, 2.75) is 26.1 Å². The topological polar surface area (TPSA) is 76.7 Å². The van der Waals surface area contributed by atoms with Crippen molar-refractivity contribution in [3.8, 4) is 11.5 Å². The third kappa shape index (κ3) is 6.49. The largest absolute Gasteiger partial charge is 0.493 e. The lowest BCUT2D eigenvalue weighted by molar-refractivity contribution is -0.122. The Kier molecular flexibility index (Phi) is 8.11. The molecule has 0 fully saturated rings. The molecule has 7 heteroatoms. The first-order valence-corrected chi connectivity index (χ1v) is 10.5. The Morgan fingerprint density at radius 3 is 2.34 bits per heavy atom. The number of nitrogens with one attached hydrogen (secondary N) is 2. The fourth-order valence-electron chi connectivity index (χ4n) is 2.95. The first-order chi connectivity index (χ1) is 15.5. The molecule has 1 unspecified atom stereocenters. The third-order valence-corrected chi connectivity index (χ3v) is 5.04. The van der Waals surface area contributed by atoms with Gasteiger partial charge in [-0.1, -0.05) is 54.1 Å². The maximum Gasteiger partial charge on any atom is 0.252 e. The van der Waals surface area contributed by atoms with E-state index in [1.165, 1.54) is 7.11 Å². The highest BCUT2D eigenvalue weighted by atomic mass is 35.5. The second-order valence-corrected chi connectivity index (χ2v) is 7.62. The standard InChI is InChI=1S/C25H25ClN2O4/c1-17(24(29)27-15-18-6-4-3-5-7-18)28-25(30)20-10-13-22(23(14-20)31-2)32-16-19-8-11-21(26)12-9-19/h3-14,17H,15-16H2,1-2H3,(H,27,29)(H,28,30). The van der Waals surface area contributed by atoms with E-state index in [9.17, 15) is 9.59 Å². The van der Waals surface area contributed by atoms with Crippen molar-refractivity contribution in [2.75, 3.05) is 7.11 Å². The Morgan fingerprint density at radius 2 is 1.66 bits per heavy atom. The van der Waals surface area contributed by atoms with Crippen molar-refractivity contribution in [1.29, 1.82) is 0 Å². The summed E-state index contributed by atoms with van der Waals surface area (Å²) in [5.74, 6) is 0.285. The van der Waals surface area contributed by atoms with Gasteiger partial charge in [0, 0.05) is 17.1 Å². The zero-order chi connectivity index (χ0) is 22.9. The van der Waals surface area contributed by atoms with Gasteiger partial charge in [-0.25, -0.2) is 0 Å². The first kappa shape index (κ1) is 23.2. The van der Waals surface area contributed by atoms with Gasteiger partial charge in [0.15, 0.2) is 11.5 Å². The maximum absolute atomic E-state index is 12.6. The van der Waals surface area contributed by atoms with Crippen LogP contribution < -0.4 is 20.1 Å². The van der Waals surface area contributed by atoms with E-state index in [0.717, 1.165) is 11.1 Å². The summed E-state index contributed by atoms with van der Waals surface area (Å²) < 4.78 is 11.2. The summed E-state index contributed by atoms with van der Waals surface area (Å²) in [4.78, 5) is 24.9. The van der Waals surface area contributed by atoms with E-state index in [1.807, 2.05) is 42.5 Å². The van der Waals surface area contributed by atoms with Crippen LogP contribution in [0.1, 0.15) is 28.4 Å². The van der Waals surface area contributed by atoms with Crippen molar-refractivity contribution >= 4 is 23.4 Å². The van der Waals surface area contributed by atoms with Crippen LogP contribution in [0.2, 0.25) is 5.02 Å². The highest BCUT2D eigenvalue weighted by Crippen LogP contribution is 2.29. The Labute approximate surface area is 192 Å². The average Bonchev–Trinajstić information content (AvgIpc) is 2.82. The summed E-state index contributed by atoms with van der Waals surface area (Å²) >= 11 is 5.90. The first-order valence-electron chi connectivity index (χ1n) is 10.1. The SMILES string of the molecule is COc1cc(C(=O)NC(C)C(=O)NCc2ccccc2)ccc1OCc1ccc(Cl)cc1. The molecule has 1 atom stereocenters. The van der Waals surface area contributed by atoms with Crippen LogP contribution in [0.5, 0.6) is 11.5 Å². The number of hydrogen-bond acceptors (Lipinski definition) is 4. The number of carbonyl (C=O) groups excluding carboxylic acids is 2. The summed E-state index contributed by atoms with van der Waals surface area (Å²) in [6.07, 6.45) is 0. The van der Waals surface area contributed by atoms with E-state index in [1.54, 1.807) is 37.3 Å². The van der Waals surface area contributed by atoms with Crippen molar-refractivity contribution in [3.05, 3.63) is 94.5 Å². The van der Waals surface area contributed by atoms with Gasteiger partial charge in [0.1, 0.15) is 12.6 Å². The molecule has 0 aliphatic rings. The molecule has 0 saturated heterocycles. The van der Waals surface area contributed by atoms with E-state index in [4.69, 9.17) is 21.1 Å². The highest BCUT2D eigenvalue weighted by molar-refractivity contribution is 6.30. The van der Waals surface area contributed by atoms with Gasteiger partial charge in [-0.2, -0.15) is 0 Å². The molecule has 6 nitrogen and oxygen atoms in total. The van der Waals surface area contributed by atoms with Gasteiger partial charge in [-0.3, -0.25) is 9.59 Å². The van der Waals surface area contributed by atoms with Crippen LogP contribution in [0.4, 0.5) is 0 Å². The Morgan fingerprint density at radius 1 is 0.938 bits per heavy atom. The third-order valence-electron chi connectivity index (χ3n) is 4.78. The number of benzene rings is 3. The predicted molar refractivity (Wildman–Crippen MR) is 124 cm³/mol. The van der Waals surface area contributed by atoms with Crippen LogP contribution in [-0.2, 0) is 17.9 Å². The van der Waals surface area contributed by atoms with Crippen LogP contribution >= 0.6 is 11.6 Å². The molecule has 3 aromatic carbocycles. The van der Waals surface area contributed by atoms with Gasteiger partial charge < -0.3 is 20.1 Å². The van der Waals surface area contributed by atoms with Crippen LogP contribution in [0.3, 0.4) is 0 Å². The molecule has 166 valence electrons. The molecule has 2 amide bonds. The highest BCUT2D eigenvalue weighted by Gasteiger charge is 2.18. The number of methoxy groups -OCH3 is 1. The molecular weight excluding hydrogens is 428 g/mol. The van der Waals surface area contributed by atoms with Crippen molar-refractivity contribution in [1.82, 2.24) is 10.6 Å². The van der Waals surface area contributed by atoms with Gasteiger partial charge in [0.05, 0.1) is 7.11 Å². The summed E-state index contributed by atoms with van der Waals surface area (Å²) in [6.45, 7) is 2.37. The zero-order valence-electron chi connectivity index (χ0n) is 17.9. The average molecular weight is 453 g/mol. The molecule has 0 bridgehead atoms.